The molecule has 3 heterocycles. The number of thiophene rings is 1. The lowest BCUT2D eigenvalue weighted by atomic mass is 10.2. The third-order valence-corrected chi connectivity index (χ3v) is 6.25. The Morgan fingerprint density at radius 1 is 1.17 bits per heavy atom. The number of aryl methyl sites for hydroxylation is 2. The van der Waals surface area contributed by atoms with Gasteiger partial charge in [0.15, 0.2) is 0 Å². The van der Waals surface area contributed by atoms with E-state index in [1.165, 1.54) is 0 Å². The summed E-state index contributed by atoms with van der Waals surface area (Å²) in [5.74, 6) is 0. The number of rotatable bonds is 8. The van der Waals surface area contributed by atoms with Crippen molar-refractivity contribution >= 4 is 27.6 Å². The predicted octanol–water partition coefficient (Wildman–Crippen LogP) is 2.05. The SMILES string of the molecule is CCOCCn1c(=O)c2c(C)c(CN3CCNC3=O)sc2n(CCC(F)(F)F)c1=O. The van der Waals surface area contributed by atoms with E-state index in [1.807, 2.05) is 0 Å². The van der Waals surface area contributed by atoms with Gasteiger partial charge >= 0.3 is 17.9 Å². The van der Waals surface area contributed by atoms with Gasteiger partial charge in [-0.25, -0.2) is 9.59 Å². The molecule has 2 aromatic rings. The number of urea groups is 1. The maximum atomic E-state index is 13.0. The Morgan fingerprint density at radius 2 is 1.90 bits per heavy atom. The minimum absolute atomic E-state index is 0.0490. The second-order valence-corrected chi connectivity index (χ2v) is 8.02. The Hall–Kier alpha value is -2.34. The molecule has 3 rings (SSSR count). The van der Waals surface area contributed by atoms with Crippen LogP contribution in [0.3, 0.4) is 0 Å². The highest BCUT2D eigenvalue weighted by atomic mass is 32.1. The molecule has 1 fully saturated rings. The van der Waals surface area contributed by atoms with Gasteiger partial charge in [-0.2, -0.15) is 13.2 Å². The number of halogens is 3. The molecule has 2 amide bonds. The second kappa shape index (κ2) is 8.80. The first-order valence-corrected chi connectivity index (χ1v) is 10.4. The third-order valence-electron chi connectivity index (χ3n) is 4.95. The van der Waals surface area contributed by atoms with Gasteiger partial charge in [-0.3, -0.25) is 13.9 Å². The summed E-state index contributed by atoms with van der Waals surface area (Å²) >= 11 is 1.08. The van der Waals surface area contributed by atoms with Crippen molar-refractivity contribution in [3.63, 3.8) is 0 Å². The molecule has 12 heteroatoms. The minimum Gasteiger partial charge on any atom is -0.380 e. The van der Waals surface area contributed by atoms with Crippen molar-refractivity contribution in [3.05, 3.63) is 31.3 Å². The third kappa shape index (κ3) is 4.53. The second-order valence-electron chi connectivity index (χ2n) is 6.94. The first-order valence-electron chi connectivity index (χ1n) is 9.57. The van der Waals surface area contributed by atoms with Crippen LogP contribution < -0.4 is 16.6 Å². The topological polar surface area (TPSA) is 85.6 Å². The first-order chi connectivity index (χ1) is 14.1. The van der Waals surface area contributed by atoms with Gasteiger partial charge in [0, 0.05) is 31.1 Å². The van der Waals surface area contributed by atoms with Crippen molar-refractivity contribution in [1.29, 1.82) is 0 Å². The van der Waals surface area contributed by atoms with Gasteiger partial charge in [-0.1, -0.05) is 0 Å². The molecular formula is C18H23F3N4O4S. The van der Waals surface area contributed by atoms with Gasteiger partial charge in [-0.05, 0) is 19.4 Å². The summed E-state index contributed by atoms with van der Waals surface area (Å²) in [6.45, 7) is 4.52. The van der Waals surface area contributed by atoms with Gasteiger partial charge in [0.1, 0.15) is 4.83 Å². The lowest BCUT2D eigenvalue weighted by molar-refractivity contribution is -0.136. The number of fused-ring (bicyclic) bond motifs is 1. The van der Waals surface area contributed by atoms with Gasteiger partial charge in [-0.15, -0.1) is 11.3 Å². The van der Waals surface area contributed by atoms with E-state index in [-0.39, 0.29) is 35.9 Å². The van der Waals surface area contributed by atoms with Crippen LogP contribution in [0, 0.1) is 6.92 Å². The molecule has 1 N–H and O–H groups in total. The number of nitrogens with one attached hydrogen (secondary N) is 1. The van der Waals surface area contributed by atoms with E-state index >= 15 is 0 Å². The fourth-order valence-corrected chi connectivity index (χ4v) is 4.69. The van der Waals surface area contributed by atoms with Crippen LogP contribution in [0.1, 0.15) is 23.8 Å². The summed E-state index contributed by atoms with van der Waals surface area (Å²) in [6.07, 6.45) is -5.63. The molecule has 0 aromatic carbocycles. The van der Waals surface area contributed by atoms with E-state index in [2.05, 4.69) is 5.32 Å². The Morgan fingerprint density at radius 3 is 2.50 bits per heavy atom. The zero-order valence-corrected chi connectivity index (χ0v) is 17.5. The smallest absolute Gasteiger partial charge is 0.380 e. The number of ether oxygens (including phenoxy) is 1. The number of carbonyl (C=O) groups excluding carboxylic acids is 1. The average Bonchev–Trinajstić information content (AvgIpc) is 3.21. The fraction of sp³-hybridized carbons (Fsp3) is 0.611. The normalized spacial score (nSPS) is 14.7. The molecule has 0 bridgehead atoms. The van der Waals surface area contributed by atoms with Crippen molar-refractivity contribution in [2.45, 2.75) is 46.1 Å². The van der Waals surface area contributed by atoms with Crippen LogP contribution >= 0.6 is 11.3 Å². The number of hydrogen-bond donors (Lipinski definition) is 1. The van der Waals surface area contributed by atoms with Crippen molar-refractivity contribution in [3.8, 4) is 0 Å². The number of amides is 2. The number of aromatic nitrogens is 2. The number of alkyl halides is 3. The lowest BCUT2D eigenvalue weighted by Gasteiger charge is -2.13. The molecule has 0 unspecified atom stereocenters. The van der Waals surface area contributed by atoms with Gasteiger partial charge < -0.3 is 15.0 Å². The molecule has 1 aliphatic rings. The Balaban J connectivity index is 2.11. The summed E-state index contributed by atoms with van der Waals surface area (Å²) in [5, 5.41) is 2.90. The van der Waals surface area contributed by atoms with Gasteiger partial charge in [0.2, 0.25) is 0 Å². The van der Waals surface area contributed by atoms with Crippen molar-refractivity contribution in [2.75, 3.05) is 26.3 Å². The highest BCUT2D eigenvalue weighted by molar-refractivity contribution is 7.18. The summed E-state index contributed by atoms with van der Waals surface area (Å²) in [6, 6.07) is -0.240. The summed E-state index contributed by atoms with van der Waals surface area (Å²) < 4.78 is 45.7. The molecule has 1 saturated heterocycles. The van der Waals surface area contributed by atoms with Crippen LogP contribution in [0.2, 0.25) is 0 Å². The van der Waals surface area contributed by atoms with E-state index in [0.29, 0.717) is 30.1 Å². The molecule has 8 nitrogen and oxygen atoms in total. The molecular weight excluding hydrogens is 425 g/mol. The van der Waals surface area contributed by atoms with E-state index in [4.69, 9.17) is 4.74 Å². The highest BCUT2D eigenvalue weighted by Crippen LogP contribution is 2.30. The molecule has 0 radical (unpaired) electrons. The van der Waals surface area contributed by atoms with E-state index in [1.54, 1.807) is 18.7 Å². The Bertz CT molecular complexity index is 1060. The van der Waals surface area contributed by atoms with Crippen LogP contribution in [-0.4, -0.2) is 52.5 Å². The summed E-state index contributed by atoms with van der Waals surface area (Å²) in [4.78, 5) is 40.2. The van der Waals surface area contributed by atoms with Crippen molar-refractivity contribution in [2.24, 2.45) is 0 Å². The lowest BCUT2D eigenvalue weighted by Crippen LogP contribution is -2.41. The number of carbonyl (C=O) groups is 1. The minimum atomic E-state index is -4.44. The Labute approximate surface area is 173 Å². The molecule has 0 aliphatic carbocycles. The maximum absolute atomic E-state index is 13.0. The summed E-state index contributed by atoms with van der Waals surface area (Å²) in [7, 11) is 0. The van der Waals surface area contributed by atoms with E-state index in [0.717, 1.165) is 20.5 Å². The predicted molar refractivity (Wildman–Crippen MR) is 106 cm³/mol. The van der Waals surface area contributed by atoms with Crippen LogP contribution in [0.15, 0.2) is 9.59 Å². The zero-order chi connectivity index (χ0) is 22.1. The Kier molecular flexibility index (Phi) is 6.56. The fourth-order valence-electron chi connectivity index (χ4n) is 3.36. The van der Waals surface area contributed by atoms with Crippen LogP contribution in [0.25, 0.3) is 10.2 Å². The van der Waals surface area contributed by atoms with Gasteiger partial charge in [0.25, 0.3) is 5.56 Å². The zero-order valence-electron chi connectivity index (χ0n) is 16.7. The first kappa shape index (κ1) is 22.3. The largest absolute Gasteiger partial charge is 0.390 e. The standard InChI is InChI=1S/C18H23F3N4O4S/c1-3-29-9-8-24-14(26)13-11(2)12(10-23-7-5-22-16(23)27)30-15(13)25(17(24)28)6-4-18(19,20)21/h3-10H2,1-2H3,(H,22,27). The summed E-state index contributed by atoms with van der Waals surface area (Å²) in [5.41, 5.74) is -0.766. The molecule has 1 aliphatic heterocycles. The van der Waals surface area contributed by atoms with Crippen molar-refractivity contribution in [1.82, 2.24) is 19.4 Å². The van der Waals surface area contributed by atoms with Gasteiger partial charge in [0.05, 0.1) is 31.5 Å². The average molecular weight is 448 g/mol. The molecule has 2 aromatic heterocycles. The van der Waals surface area contributed by atoms with E-state index < -0.39 is 30.4 Å². The van der Waals surface area contributed by atoms with Crippen LogP contribution in [0.5, 0.6) is 0 Å². The molecule has 166 valence electrons. The highest BCUT2D eigenvalue weighted by Gasteiger charge is 2.29. The van der Waals surface area contributed by atoms with Crippen LogP contribution in [0.4, 0.5) is 18.0 Å². The number of hydrogen-bond acceptors (Lipinski definition) is 5. The van der Waals surface area contributed by atoms with Crippen LogP contribution in [-0.2, 0) is 24.4 Å². The maximum Gasteiger partial charge on any atom is 0.390 e. The van der Waals surface area contributed by atoms with Crippen molar-refractivity contribution < 1.29 is 22.7 Å². The molecule has 30 heavy (non-hydrogen) atoms. The number of nitrogens with zero attached hydrogens (tertiary/aromatic N) is 3. The molecule has 0 saturated carbocycles. The monoisotopic (exact) mass is 448 g/mol. The van der Waals surface area contributed by atoms with E-state index in [9.17, 15) is 27.6 Å². The molecule has 0 atom stereocenters. The molecule has 0 spiro atoms. The quantitative estimate of drug-likeness (QED) is 0.627.